The summed E-state index contributed by atoms with van der Waals surface area (Å²) in [7, 11) is -11.5. The fraction of sp³-hybridized carbons (Fsp3) is 0.167. The molecule has 0 bridgehead atoms. The summed E-state index contributed by atoms with van der Waals surface area (Å²) in [5, 5.41) is 12.0. The fourth-order valence-corrected chi connectivity index (χ4v) is 5.38. The van der Waals surface area contributed by atoms with Gasteiger partial charge in [0, 0.05) is 45.4 Å². The number of hydrazone groups is 2. The lowest BCUT2D eigenvalue weighted by Crippen LogP contribution is -2.38. The molecule has 0 aliphatic carbocycles. The minimum atomic E-state index is -5.82. The quantitative estimate of drug-likeness (QED) is 0.0195. The Kier molecular flexibility index (Phi) is 19.8. The van der Waals surface area contributed by atoms with E-state index in [0.717, 1.165) is 24.3 Å². The van der Waals surface area contributed by atoms with Crippen molar-refractivity contribution in [2.45, 2.75) is 24.9 Å². The highest BCUT2D eigenvalue weighted by Gasteiger charge is 2.49. The standard InChI is InChI=1S/C18H15ClF3N3O5S.C14H10ClF3N2O3S.C4H6ClNO2/c1-2-23-16(26)17(27)25-24-15(11-3-7-13(19)8-4-11)12-5-9-14(10-6-12)30-31(28,29)18(20,21)22;15-11-5-1-9(2-6-11)13(20-19)10-3-7-12(8-4-10)23-24(21,22)14(16,17)18;1-2-6-4(8)3(5)7/h3-10H,2H2,1H3,(H,23,26)(H,25,27);1-8H,19H2;2H2,1H3,(H,6,8)/b24-15-;20-13-;. The minimum Gasteiger partial charge on any atom is -0.376 e. The number of amides is 3. The first kappa shape index (κ1) is 53.2. The first-order valence-corrected chi connectivity index (χ1v) is 20.9. The first-order chi connectivity index (χ1) is 29.3. The summed E-state index contributed by atoms with van der Waals surface area (Å²) in [6.07, 6.45) is 0. The molecule has 4 aromatic carbocycles. The summed E-state index contributed by atoms with van der Waals surface area (Å²) in [6, 6.07) is 22.0. The van der Waals surface area contributed by atoms with Gasteiger partial charge in [-0.2, -0.15) is 53.4 Å². The maximum absolute atomic E-state index is 12.5. The van der Waals surface area contributed by atoms with Gasteiger partial charge in [-0.05, 0) is 98.2 Å². The van der Waals surface area contributed by atoms with Crippen LogP contribution in [0.15, 0.2) is 107 Å². The van der Waals surface area contributed by atoms with Crippen LogP contribution in [0, 0.1) is 0 Å². The Morgan fingerprint density at radius 3 is 1.17 bits per heavy atom. The second-order valence-corrected chi connectivity index (χ2v) is 15.7. The second-order valence-electron chi connectivity index (χ2n) is 11.4. The number of carbonyl (C=O) groups is 4. The molecule has 0 heterocycles. The summed E-state index contributed by atoms with van der Waals surface area (Å²) in [5.41, 5.74) is -6.74. The Balaban J connectivity index is 0.000000377. The van der Waals surface area contributed by atoms with Crippen LogP contribution in [0.2, 0.25) is 10.0 Å². The number of nitrogens with one attached hydrogen (secondary N) is 3. The lowest BCUT2D eigenvalue weighted by Gasteiger charge is -2.11. The number of hydrogen-bond donors (Lipinski definition) is 4. The molecule has 340 valence electrons. The fourth-order valence-electron chi connectivity index (χ4n) is 4.14. The normalized spacial score (nSPS) is 12.0. The van der Waals surface area contributed by atoms with Gasteiger partial charge in [0.05, 0.1) is 11.4 Å². The Labute approximate surface area is 369 Å². The van der Waals surface area contributed by atoms with Gasteiger partial charge in [0.1, 0.15) is 11.5 Å². The van der Waals surface area contributed by atoms with Crippen LogP contribution in [0.25, 0.3) is 0 Å². The van der Waals surface area contributed by atoms with Gasteiger partial charge in [-0.3, -0.25) is 19.2 Å². The summed E-state index contributed by atoms with van der Waals surface area (Å²) in [4.78, 5) is 43.4. The molecular weight excluding hydrogens is 961 g/mol. The molecule has 0 unspecified atom stereocenters. The highest BCUT2D eigenvalue weighted by atomic mass is 35.5. The molecule has 0 aliphatic rings. The van der Waals surface area contributed by atoms with Gasteiger partial charge in [0.15, 0.2) is 0 Å². The van der Waals surface area contributed by atoms with Crippen LogP contribution >= 0.6 is 34.8 Å². The van der Waals surface area contributed by atoms with E-state index in [1.165, 1.54) is 36.4 Å². The number of benzene rings is 4. The van der Waals surface area contributed by atoms with E-state index in [2.05, 4.69) is 34.6 Å². The number of nitrogens with zero attached hydrogens (tertiary/aromatic N) is 2. The van der Waals surface area contributed by atoms with E-state index < -0.39 is 65.7 Å². The molecule has 0 aliphatic heterocycles. The number of alkyl halides is 6. The largest absolute Gasteiger partial charge is 0.534 e. The Morgan fingerprint density at radius 1 is 0.571 bits per heavy atom. The molecule has 27 heteroatoms. The van der Waals surface area contributed by atoms with Crippen LogP contribution in [0.3, 0.4) is 0 Å². The van der Waals surface area contributed by atoms with Crippen LogP contribution in [0.1, 0.15) is 36.1 Å². The summed E-state index contributed by atoms with van der Waals surface area (Å²) in [5.74, 6) is 1.59. The monoisotopic (exact) mass is 990 g/mol. The zero-order valence-electron chi connectivity index (χ0n) is 31.9. The maximum atomic E-state index is 12.5. The molecule has 63 heavy (non-hydrogen) atoms. The third kappa shape index (κ3) is 16.7. The molecule has 0 radical (unpaired) electrons. The third-order valence-corrected chi connectivity index (χ3v) is 9.56. The maximum Gasteiger partial charge on any atom is 0.534 e. The van der Waals surface area contributed by atoms with Crippen molar-refractivity contribution in [2.24, 2.45) is 16.0 Å². The molecule has 5 N–H and O–H groups in total. The highest BCUT2D eigenvalue weighted by molar-refractivity contribution is 7.88. The molecule has 0 aromatic heterocycles. The molecule has 0 fully saturated rings. The van der Waals surface area contributed by atoms with Crippen LogP contribution in [-0.4, -0.2) is 75.3 Å². The first-order valence-electron chi connectivity index (χ1n) is 16.9. The summed E-state index contributed by atoms with van der Waals surface area (Å²) in [6.45, 7) is 3.98. The molecule has 16 nitrogen and oxygen atoms in total. The molecule has 0 saturated heterocycles. The second kappa shape index (κ2) is 23.5. The highest BCUT2D eigenvalue weighted by Crippen LogP contribution is 2.29. The van der Waals surface area contributed by atoms with Crippen molar-refractivity contribution in [1.82, 2.24) is 16.1 Å². The topological polar surface area (TPSA) is 242 Å². The molecule has 4 aromatic rings. The number of hydrogen-bond acceptors (Lipinski definition) is 13. The lowest BCUT2D eigenvalue weighted by atomic mass is 10.0. The summed E-state index contributed by atoms with van der Waals surface area (Å²) < 4.78 is 126. The van der Waals surface area contributed by atoms with E-state index in [0.29, 0.717) is 39.0 Å². The van der Waals surface area contributed by atoms with E-state index >= 15 is 0 Å². The van der Waals surface area contributed by atoms with Crippen molar-refractivity contribution >= 4 is 89.4 Å². The van der Waals surface area contributed by atoms with E-state index in [9.17, 15) is 62.4 Å². The molecular formula is C36H31Cl3F6N6O10S2. The van der Waals surface area contributed by atoms with Gasteiger partial charge in [-0.15, -0.1) is 0 Å². The number of halogens is 9. The van der Waals surface area contributed by atoms with Gasteiger partial charge in [0.25, 0.3) is 0 Å². The van der Waals surface area contributed by atoms with Gasteiger partial charge in [0.2, 0.25) is 0 Å². The molecule has 0 atom stereocenters. The molecule has 3 amide bonds. The van der Waals surface area contributed by atoms with Crippen LogP contribution in [-0.2, 0) is 39.4 Å². The number of likely N-dealkylation sites (N-methyl/N-ethyl adjacent to an activating group) is 2. The predicted octanol–water partition coefficient (Wildman–Crippen LogP) is 5.74. The molecule has 4 rings (SSSR count). The van der Waals surface area contributed by atoms with Crippen LogP contribution < -0.4 is 30.3 Å². The van der Waals surface area contributed by atoms with Crippen LogP contribution in [0.5, 0.6) is 11.5 Å². The van der Waals surface area contributed by atoms with Crippen molar-refractivity contribution in [3.63, 3.8) is 0 Å². The number of rotatable bonds is 12. The van der Waals surface area contributed by atoms with Crippen molar-refractivity contribution < 1.29 is 70.7 Å². The Morgan fingerprint density at radius 2 is 0.889 bits per heavy atom. The van der Waals surface area contributed by atoms with E-state index in [4.69, 9.17) is 40.6 Å². The number of nitrogens with two attached hydrogens (primary N) is 1. The average molecular weight is 992 g/mol. The average Bonchev–Trinajstić information content (AvgIpc) is 3.20. The predicted molar refractivity (Wildman–Crippen MR) is 219 cm³/mol. The van der Waals surface area contributed by atoms with Crippen molar-refractivity contribution in [3.05, 3.63) is 129 Å². The lowest BCUT2D eigenvalue weighted by molar-refractivity contribution is -0.139. The van der Waals surface area contributed by atoms with Crippen molar-refractivity contribution in [3.8, 4) is 11.5 Å². The third-order valence-electron chi connectivity index (χ3n) is 6.93. The summed E-state index contributed by atoms with van der Waals surface area (Å²) >= 11 is 16.4. The van der Waals surface area contributed by atoms with Gasteiger partial charge in [-0.1, -0.05) is 47.5 Å². The Hall–Kier alpha value is -5.95. The Bertz CT molecular complexity index is 2510. The van der Waals surface area contributed by atoms with E-state index in [1.54, 1.807) is 50.2 Å². The van der Waals surface area contributed by atoms with Crippen molar-refractivity contribution in [1.29, 1.82) is 0 Å². The van der Waals surface area contributed by atoms with E-state index in [-0.39, 0.29) is 17.8 Å². The number of carbonyl (C=O) groups excluding carboxylic acids is 4. The molecule has 0 spiro atoms. The minimum absolute atomic E-state index is 0.125. The van der Waals surface area contributed by atoms with Crippen LogP contribution in [0.4, 0.5) is 26.3 Å². The molecule has 0 saturated carbocycles. The van der Waals surface area contributed by atoms with Gasteiger partial charge < -0.3 is 24.8 Å². The van der Waals surface area contributed by atoms with Crippen molar-refractivity contribution in [2.75, 3.05) is 13.1 Å². The zero-order valence-corrected chi connectivity index (χ0v) is 35.8. The zero-order chi connectivity index (χ0) is 47.8. The van der Waals surface area contributed by atoms with E-state index in [1.807, 2.05) is 0 Å². The van der Waals surface area contributed by atoms with Gasteiger partial charge in [-0.25, -0.2) is 5.43 Å². The SMILES string of the molecule is CCNC(=O)C(=O)Cl.CCNC(=O)C(=O)N/N=C(/c1ccc(Cl)cc1)c1ccc(OS(=O)(=O)C(F)(F)F)cc1.N/N=C(/c1ccc(Cl)cc1)c1ccc(OS(=O)(=O)C(F)(F)F)cc1. The van der Waals surface area contributed by atoms with Gasteiger partial charge >= 0.3 is 54.2 Å². The smallest absolute Gasteiger partial charge is 0.376 e.